The minimum absolute atomic E-state index is 0.0865. The van der Waals surface area contributed by atoms with Crippen LogP contribution in [0.5, 0.6) is 0 Å². The first-order valence-corrected chi connectivity index (χ1v) is 6.89. The number of fused-ring (bicyclic) bond motifs is 1. The number of rotatable bonds is 4. The summed E-state index contributed by atoms with van der Waals surface area (Å²) < 4.78 is 0. The summed E-state index contributed by atoms with van der Waals surface area (Å²) in [5.41, 5.74) is 7.91. The molecule has 0 aromatic heterocycles. The lowest BCUT2D eigenvalue weighted by atomic mass is 9.95. The summed E-state index contributed by atoms with van der Waals surface area (Å²) in [6, 6.07) is 7.13. The molecular weight excluding hydrogens is 256 g/mol. The Kier molecular flexibility index (Phi) is 4.39. The first kappa shape index (κ1) is 14.5. The standard InChI is InChI=1S/C15H20N2O3/c1-10-6-7-11-4-2-3-5-13(11)17(10)15(20)12(16)8-9-14(18)19/h2-5,10,12H,6-9,16H2,1H3,(H,18,19). The molecule has 2 unspecified atom stereocenters. The zero-order chi connectivity index (χ0) is 14.7. The molecule has 0 bridgehead atoms. The number of carbonyl (C=O) groups is 2. The molecule has 2 rings (SSSR count). The number of amides is 1. The molecule has 0 radical (unpaired) electrons. The van der Waals surface area contributed by atoms with Crippen molar-refractivity contribution < 1.29 is 14.7 Å². The predicted molar refractivity (Wildman–Crippen MR) is 76.6 cm³/mol. The van der Waals surface area contributed by atoms with E-state index in [0.29, 0.717) is 0 Å². The molecule has 1 amide bonds. The molecule has 0 aliphatic carbocycles. The Morgan fingerprint density at radius 3 is 2.85 bits per heavy atom. The number of hydrogen-bond donors (Lipinski definition) is 2. The number of carbonyl (C=O) groups excluding carboxylic acids is 1. The second kappa shape index (κ2) is 6.05. The molecule has 1 aromatic rings. The Balaban J connectivity index is 2.18. The summed E-state index contributed by atoms with van der Waals surface area (Å²) in [5.74, 6) is -1.12. The first-order chi connectivity index (χ1) is 9.50. The average molecular weight is 276 g/mol. The van der Waals surface area contributed by atoms with E-state index in [2.05, 4.69) is 0 Å². The van der Waals surface area contributed by atoms with E-state index in [9.17, 15) is 9.59 Å². The molecule has 1 aromatic carbocycles. The van der Waals surface area contributed by atoms with E-state index in [4.69, 9.17) is 10.8 Å². The molecule has 0 fully saturated rings. The minimum atomic E-state index is -0.930. The Morgan fingerprint density at radius 2 is 2.15 bits per heavy atom. The number of aryl methyl sites for hydroxylation is 1. The second-order valence-electron chi connectivity index (χ2n) is 5.26. The highest BCUT2D eigenvalue weighted by molar-refractivity contribution is 5.98. The third-order valence-corrected chi connectivity index (χ3v) is 3.75. The van der Waals surface area contributed by atoms with Crippen LogP contribution in [0.4, 0.5) is 5.69 Å². The van der Waals surface area contributed by atoms with Crippen molar-refractivity contribution >= 4 is 17.6 Å². The van der Waals surface area contributed by atoms with Crippen molar-refractivity contribution in [3.8, 4) is 0 Å². The number of para-hydroxylation sites is 1. The number of benzene rings is 1. The zero-order valence-corrected chi connectivity index (χ0v) is 11.6. The average Bonchev–Trinajstić information content (AvgIpc) is 2.44. The van der Waals surface area contributed by atoms with Gasteiger partial charge in [0.25, 0.3) is 0 Å². The molecule has 5 heteroatoms. The summed E-state index contributed by atoms with van der Waals surface area (Å²) in [4.78, 5) is 24.8. The van der Waals surface area contributed by atoms with Crippen LogP contribution in [0, 0.1) is 0 Å². The van der Waals surface area contributed by atoms with E-state index >= 15 is 0 Å². The predicted octanol–water partition coefficient (Wildman–Crippen LogP) is 1.55. The first-order valence-electron chi connectivity index (χ1n) is 6.89. The molecule has 108 valence electrons. The van der Waals surface area contributed by atoms with Crippen molar-refractivity contribution in [2.75, 3.05) is 4.90 Å². The molecule has 0 saturated carbocycles. The SMILES string of the molecule is CC1CCc2ccccc2N1C(=O)C(N)CCC(=O)O. The van der Waals surface area contributed by atoms with E-state index in [0.717, 1.165) is 24.1 Å². The highest BCUT2D eigenvalue weighted by Crippen LogP contribution is 2.31. The summed E-state index contributed by atoms with van der Waals surface area (Å²) >= 11 is 0. The van der Waals surface area contributed by atoms with E-state index in [1.165, 1.54) is 0 Å². The molecule has 2 atom stereocenters. The Bertz CT molecular complexity index is 516. The van der Waals surface area contributed by atoms with Crippen LogP contribution in [0.2, 0.25) is 0 Å². The van der Waals surface area contributed by atoms with Gasteiger partial charge < -0.3 is 15.7 Å². The largest absolute Gasteiger partial charge is 0.481 e. The summed E-state index contributed by atoms with van der Waals surface area (Å²) in [6.45, 7) is 2.00. The van der Waals surface area contributed by atoms with E-state index in [1.54, 1.807) is 4.90 Å². The molecule has 0 saturated heterocycles. The number of aliphatic carboxylic acids is 1. The molecule has 1 aliphatic rings. The van der Waals surface area contributed by atoms with Gasteiger partial charge in [-0.2, -0.15) is 0 Å². The molecule has 20 heavy (non-hydrogen) atoms. The van der Waals surface area contributed by atoms with Gasteiger partial charge in [0.05, 0.1) is 6.04 Å². The third kappa shape index (κ3) is 2.99. The summed E-state index contributed by atoms with van der Waals surface area (Å²) in [5, 5.41) is 8.68. The minimum Gasteiger partial charge on any atom is -0.481 e. The van der Waals surface area contributed by atoms with E-state index in [1.807, 2.05) is 31.2 Å². The van der Waals surface area contributed by atoms with Crippen LogP contribution in [0.25, 0.3) is 0 Å². The van der Waals surface area contributed by atoms with Gasteiger partial charge in [-0.1, -0.05) is 18.2 Å². The van der Waals surface area contributed by atoms with Gasteiger partial charge in [0.15, 0.2) is 0 Å². The fourth-order valence-corrected chi connectivity index (χ4v) is 2.61. The maximum absolute atomic E-state index is 12.5. The quantitative estimate of drug-likeness (QED) is 0.874. The molecule has 1 heterocycles. The van der Waals surface area contributed by atoms with Crippen LogP contribution in [-0.2, 0) is 16.0 Å². The van der Waals surface area contributed by atoms with Gasteiger partial charge in [-0.25, -0.2) is 0 Å². The number of carboxylic acid groups (broad SMARTS) is 1. The van der Waals surface area contributed by atoms with E-state index < -0.39 is 12.0 Å². The monoisotopic (exact) mass is 276 g/mol. The number of nitrogens with zero attached hydrogens (tertiary/aromatic N) is 1. The van der Waals surface area contributed by atoms with E-state index in [-0.39, 0.29) is 24.8 Å². The van der Waals surface area contributed by atoms with Gasteiger partial charge in [-0.05, 0) is 37.8 Å². The van der Waals surface area contributed by atoms with Crippen LogP contribution in [0.3, 0.4) is 0 Å². The van der Waals surface area contributed by atoms with Crippen molar-refractivity contribution in [2.24, 2.45) is 5.73 Å². The van der Waals surface area contributed by atoms with Crippen molar-refractivity contribution in [1.29, 1.82) is 0 Å². The smallest absolute Gasteiger partial charge is 0.303 e. The lowest BCUT2D eigenvalue weighted by molar-refractivity contribution is -0.137. The second-order valence-corrected chi connectivity index (χ2v) is 5.26. The number of carboxylic acids is 1. The molecule has 0 spiro atoms. The lowest BCUT2D eigenvalue weighted by Gasteiger charge is -2.36. The molecule has 3 N–H and O–H groups in total. The highest BCUT2D eigenvalue weighted by Gasteiger charge is 2.31. The summed E-state index contributed by atoms with van der Waals surface area (Å²) in [7, 11) is 0. The van der Waals surface area contributed by atoms with Crippen molar-refractivity contribution in [3.05, 3.63) is 29.8 Å². The molecule has 5 nitrogen and oxygen atoms in total. The van der Waals surface area contributed by atoms with Crippen LogP contribution < -0.4 is 10.6 Å². The van der Waals surface area contributed by atoms with Gasteiger partial charge in [-0.15, -0.1) is 0 Å². The van der Waals surface area contributed by atoms with Crippen molar-refractivity contribution in [1.82, 2.24) is 0 Å². The Hall–Kier alpha value is -1.88. The van der Waals surface area contributed by atoms with Crippen LogP contribution >= 0.6 is 0 Å². The Labute approximate surface area is 118 Å². The number of anilines is 1. The highest BCUT2D eigenvalue weighted by atomic mass is 16.4. The Morgan fingerprint density at radius 1 is 1.45 bits per heavy atom. The third-order valence-electron chi connectivity index (χ3n) is 3.75. The maximum Gasteiger partial charge on any atom is 0.303 e. The number of nitrogens with two attached hydrogens (primary N) is 1. The van der Waals surface area contributed by atoms with Gasteiger partial charge in [-0.3, -0.25) is 9.59 Å². The van der Waals surface area contributed by atoms with Crippen LogP contribution in [0.15, 0.2) is 24.3 Å². The summed E-state index contributed by atoms with van der Waals surface area (Å²) in [6.07, 6.45) is 1.93. The normalized spacial score (nSPS) is 19.3. The number of hydrogen-bond acceptors (Lipinski definition) is 3. The zero-order valence-electron chi connectivity index (χ0n) is 11.6. The molecule has 1 aliphatic heterocycles. The van der Waals surface area contributed by atoms with Crippen LogP contribution in [-0.4, -0.2) is 29.1 Å². The van der Waals surface area contributed by atoms with Gasteiger partial charge in [0.1, 0.15) is 0 Å². The van der Waals surface area contributed by atoms with Gasteiger partial charge in [0, 0.05) is 18.2 Å². The lowest BCUT2D eigenvalue weighted by Crippen LogP contribution is -2.50. The van der Waals surface area contributed by atoms with Crippen LogP contribution in [0.1, 0.15) is 31.7 Å². The fraction of sp³-hybridized carbons (Fsp3) is 0.467. The van der Waals surface area contributed by atoms with Crippen molar-refractivity contribution in [3.63, 3.8) is 0 Å². The maximum atomic E-state index is 12.5. The van der Waals surface area contributed by atoms with Gasteiger partial charge in [0.2, 0.25) is 5.91 Å². The molecular formula is C15H20N2O3. The van der Waals surface area contributed by atoms with Crippen molar-refractivity contribution in [2.45, 2.75) is 44.7 Å². The van der Waals surface area contributed by atoms with Gasteiger partial charge >= 0.3 is 5.97 Å². The topological polar surface area (TPSA) is 83.6 Å². The fourth-order valence-electron chi connectivity index (χ4n) is 2.61.